The number of aryl methyl sites for hydroxylation is 1. The van der Waals surface area contributed by atoms with Gasteiger partial charge in [-0.25, -0.2) is 0 Å². The van der Waals surface area contributed by atoms with Crippen LogP contribution >= 0.6 is 11.8 Å². The summed E-state index contributed by atoms with van der Waals surface area (Å²) in [6.07, 6.45) is 7.01. The summed E-state index contributed by atoms with van der Waals surface area (Å²) in [5.74, 6) is 0.177. The average Bonchev–Trinajstić information content (AvgIpc) is 2.89. The summed E-state index contributed by atoms with van der Waals surface area (Å²) in [5, 5.41) is 12.5. The number of rotatable bonds is 4. The van der Waals surface area contributed by atoms with Gasteiger partial charge in [-0.2, -0.15) is 11.8 Å². The maximum absolute atomic E-state index is 12.1. The zero-order valence-corrected chi connectivity index (χ0v) is 12.3. The Hall–Kier alpha value is -1.16. The number of hydrogen-bond donors (Lipinski definition) is 2. The molecule has 0 atom stereocenters. The maximum Gasteiger partial charge on any atom is 0.251 e. The lowest BCUT2D eigenvalue weighted by Gasteiger charge is -2.26. The molecule has 0 saturated heterocycles. The fourth-order valence-corrected chi connectivity index (χ4v) is 3.53. The van der Waals surface area contributed by atoms with E-state index in [1.54, 1.807) is 25.1 Å². The highest BCUT2D eigenvalue weighted by Crippen LogP contribution is 2.39. The molecule has 0 aliphatic heterocycles. The van der Waals surface area contributed by atoms with Crippen LogP contribution in [0.15, 0.2) is 18.2 Å². The van der Waals surface area contributed by atoms with Crippen molar-refractivity contribution < 1.29 is 9.90 Å². The van der Waals surface area contributed by atoms with Crippen LogP contribution in [-0.4, -0.2) is 28.6 Å². The first-order valence-corrected chi connectivity index (χ1v) is 7.92. The minimum absolute atomic E-state index is 0.0524. The van der Waals surface area contributed by atoms with Crippen LogP contribution in [0.5, 0.6) is 5.75 Å². The molecule has 0 spiro atoms. The van der Waals surface area contributed by atoms with Crippen LogP contribution in [0.1, 0.15) is 41.6 Å². The van der Waals surface area contributed by atoms with Crippen LogP contribution in [0.25, 0.3) is 0 Å². The van der Waals surface area contributed by atoms with E-state index in [1.165, 1.54) is 25.7 Å². The molecule has 1 saturated carbocycles. The van der Waals surface area contributed by atoms with E-state index in [2.05, 4.69) is 11.6 Å². The summed E-state index contributed by atoms with van der Waals surface area (Å²) in [5.41, 5.74) is 1.35. The summed E-state index contributed by atoms with van der Waals surface area (Å²) in [7, 11) is 0. The van der Waals surface area contributed by atoms with E-state index in [9.17, 15) is 9.90 Å². The molecule has 1 aliphatic rings. The number of thioether (sulfide) groups is 1. The van der Waals surface area contributed by atoms with Crippen molar-refractivity contribution in [3.05, 3.63) is 29.3 Å². The summed E-state index contributed by atoms with van der Waals surface area (Å²) in [6.45, 7) is 2.53. The monoisotopic (exact) mass is 279 g/mol. The molecule has 0 radical (unpaired) electrons. The molecule has 2 N–H and O–H groups in total. The first-order valence-electron chi connectivity index (χ1n) is 6.69. The summed E-state index contributed by atoms with van der Waals surface area (Å²) < 4.78 is 0.224. The number of nitrogens with one attached hydrogen (secondary N) is 1. The van der Waals surface area contributed by atoms with Crippen LogP contribution in [0.3, 0.4) is 0 Å². The molecule has 2 rings (SSSR count). The van der Waals surface area contributed by atoms with Gasteiger partial charge in [-0.05, 0) is 49.8 Å². The van der Waals surface area contributed by atoms with Gasteiger partial charge in [-0.1, -0.05) is 12.8 Å². The largest absolute Gasteiger partial charge is 0.508 e. The number of carbonyl (C=O) groups is 1. The van der Waals surface area contributed by atoms with Crippen LogP contribution in [0.2, 0.25) is 0 Å². The molecule has 1 aromatic rings. The lowest BCUT2D eigenvalue weighted by molar-refractivity contribution is 0.0949. The lowest BCUT2D eigenvalue weighted by Crippen LogP contribution is -2.38. The number of benzene rings is 1. The van der Waals surface area contributed by atoms with E-state index in [0.29, 0.717) is 5.56 Å². The topological polar surface area (TPSA) is 49.3 Å². The van der Waals surface area contributed by atoms with Crippen molar-refractivity contribution in [3.8, 4) is 5.75 Å². The third-order valence-electron chi connectivity index (χ3n) is 3.98. The lowest BCUT2D eigenvalue weighted by atomic mass is 10.1. The van der Waals surface area contributed by atoms with Gasteiger partial charge in [-0.3, -0.25) is 4.79 Å². The van der Waals surface area contributed by atoms with Crippen molar-refractivity contribution in [3.63, 3.8) is 0 Å². The normalized spacial score (nSPS) is 17.4. The second-order valence-corrected chi connectivity index (χ2v) is 6.55. The van der Waals surface area contributed by atoms with E-state index in [1.807, 2.05) is 11.8 Å². The fraction of sp³-hybridized carbons (Fsp3) is 0.533. The van der Waals surface area contributed by atoms with E-state index >= 15 is 0 Å². The maximum atomic E-state index is 12.1. The van der Waals surface area contributed by atoms with Gasteiger partial charge in [0.05, 0.1) is 0 Å². The molecule has 0 unspecified atom stereocenters. The van der Waals surface area contributed by atoms with E-state index in [0.717, 1.165) is 12.1 Å². The highest BCUT2D eigenvalue weighted by molar-refractivity contribution is 8.00. The second-order valence-electron chi connectivity index (χ2n) is 5.28. The molecule has 0 heterocycles. The average molecular weight is 279 g/mol. The third kappa shape index (κ3) is 3.24. The summed E-state index contributed by atoms with van der Waals surface area (Å²) in [6, 6.07) is 4.97. The number of amides is 1. The SMILES string of the molecule is CSC1(CNC(=O)c2ccc(O)c(C)c2)CCCC1. The highest BCUT2D eigenvalue weighted by Gasteiger charge is 2.33. The number of hydrogen-bond acceptors (Lipinski definition) is 3. The van der Waals surface area contributed by atoms with E-state index in [-0.39, 0.29) is 16.4 Å². The van der Waals surface area contributed by atoms with Gasteiger partial charge >= 0.3 is 0 Å². The number of aromatic hydroxyl groups is 1. The fourth-order valence-electron chi connectivity index (χ4n) is 2.61. The quantitative estimate of drug-likeness (QED) is 0.890. The summed E-state index contributed by atoms with van der Waals surface area (Å²) in [4.78, 5) is 12.1. The molecule has 19 heavy (non-hydrogen) atoms. The Morgan fingerprint density at radius 3 is 2.68 bits per heavy atom. The van der Waals surface area contributed by atoms with Gasteiger partial charge in [0.15, 0.2) is 0 Å². The molecule has 0 bridgehead atoms. The van der Waals surface area contributed by atoms with E-state index < -0.39 is 0 Å². The molecule has 1 aliphatic carbocycles. The van der Waals surface area contributed by atoms with Crippen molar-refractivity contribution in [1.82, 2.24) is 5.32 Å². The van der Waals surface area contributed by atoms with Crippen molar-refractivity contribution in [1.29, 1.82) is 0 Å². The van der Waals surface area contributed by atoms with Gasteiger partial charge in [-0.15, -0.1) is 0 Å². The molecule has 1 fully saturated rings. The van der Waals surface area contributed by atoms with Crippen LogP contribution in [0, 0.1) is 6.92 Å². The zero-order valence-electron chi connectivity index (χ0n) is 11.5. The Bertz CT molecular complexity index is 467. The molecule has 1 amide bonds. The Labute approximate surface area is 118 Å². The predicted octanol–water partition coefficient (Wildman–Crippen LogP) is 3.11. The Morgan fingerprint density at radius 2 is 2.11 bits per heavy atom. The Kier molecular flexibility index (Phi) is 4.40. The third-order valence-corrected chi connectivity index (χ3v) is 5.40. The zero-order chi connectivity index (χ0) is 13.9. The number of phenols is 1. The van der Waals surface area contributed by atoms with E-state index in [4.69, 9.17) is 0 Å². The van der Waals surface area contributed by atoms with Crippen LogP contribution in [0.4, 0.5) is 0 Å². The van der Waals surface area contributed by atoms with Crippen LogP contribution in [-0.2, 0) is 0 Å². The molecular formula is C15H21NO2S. The van der Waals surface area contributed by atoms with Gasteiger partial charge in [0, 0.05) is 16.9 Å². The molecular weight excluding hydrogens is 258 g/mol. The first-order chi connectivity index (χ1) is 9.06. The Morgan fingerprint density at radius 1 is 1.42 bits per heavy atom. The van der Waals surface area contributed by atoms with Crippen molar-refractivity contribution >= 4 is 17.7 Å². The second kappa shape index (κ2) is 5.87. The van der Waals surface area contributed by atoms with Gasteiger partial charge in [0.25, 0.3) is 5.91 Å². The van der Waals surface area contributed by atoms with Gasteiger partial charge in [0.1, 0.15) is 5.75 Å². The van der Waals surface area contributed by atoms with Gasteiger partial charge < -0.3 is 10.4 Å². The van der Waals surface area contributed by atoms with Crippen molar-refractivity contribution in [2.24, 2.45) is 0 Å². The van der Waals surface area contributed by atoms with Gasteiger partial charge in [0.2, 0.25) is 0 Å². The highest BCUT2D eigenvalue weighted by atomic mass is 32.2. The number of carbonyl (C=O) groups excluding carboxylic acids is 1. The van der Waals surface area contributed by atoms with Crippen LogP contribution < -0.4 is 5.32 Å². The number of phenolic OH excluding ortho intramolecular Hbond substituents is 1. The van der Waals surface area contributed by atoms with Crippen molar-refractivity contribution in [2.45, 2.75) is 37.4 Å². The molecule has 3 nitrogen and oxygen atoms in total. The minimum Gasteiger partial charge on any atom is -0.508 e. The molecule has 4 heteroatoms. The predicted molar refractivity (Wildman–Crippen MR) is 79.9 cm³/mol. The van der Waals surface area contributed by atoms with Crippen molar-refractivity contribution in [2.75, 3.05) is 12.8 Å². The standard InChI is InChI=1S/C15H21NO2S/c1-11-9-12(5-6-13(11)17)14(18)16-10-15(19-2)7-3-4-8-15/h5-6,9,17H,3-4,7-8,10H2,1-2H3,(H,16,18). The molecule has 104 valence electrons. The minimum atomic E-state index is -0.0524. The smallest absolute Gasteiger partial charge is 0.251 e. The molecule has 0 aromatic heterocycles. The Balaban J connectivity index is 1.99. The first kappa shape index (κ1) is 14.3. The molecule has 1 aromatic carbocycles. The summed E-state index contributed by atoms with van der Waals surface area (Å²) >= 11 is 1.87.